The maximum absolute atomic E-state index is 12.5. The lowest BCUT2D eigenvalue weighted by Gasteiger charge is -2.15. The van der Waals surface area contributed by atoms with E-state index in [0.29, 0.717) is 17.9 Å². The van der Waals surface area contributed by atoms with Crippen LogP contribution in [0, 0.1) is 0 Å². The van der Waals surface area contributed by atoms with Gasteiger partial charge in [0.15, 0.2) is 5.69 Å². The van der Waals surface area contributed by atoms with Crippen molar-refractivity contribution in [3.05, 3.63) is 44.7 Å². The highest BCUT2D eigenvalue weighted by Crippen LogP contribution is 2.23. The lowest BCUT2D eigenvalue weighted by atomic mass is 10.1. The van der Waals surface area contributed by atoms with Crippen molar-refractivity contribution in [3.8, 4) is 0 Å². The molecule has 2 aromatic heterocycles. The predicted molar refractivity (Wildman–Crippen MR) is 88.3 cm³/mol. The Labute approximate surface area is 133 Å². The first kappa shape index (κ1) is 14.1. The number of nitrogens with zero attached hydrogens (tertiary/aromatic N) is 2. The fourth-order valence-corrected chi connectivity index (χ4v) is 3.35. The summed E-state index contributed by atoms with van der Waals surface area (Å²) in [4.78, 5) is 14.2. The molecule has 2 heterocycles. The molecule has 0 aliphatic heterocycles. The molecule has 0 fully saturated rings. The van der Waals surface area contributed by atoms with E-state index in [9.17, 15) is 4.79 Å². The monoisotopic (exact) mass is 364 g/mol. The average molecular weight is 365 g/mol. The number of nitrogen functional groups attached to an aromatic ring is 1. The smallest absolute Gasteiger partial charge is 0.275 e. The standard InChI is InChI=1S/C14H13BrN4OS/c1-19(6-8-4-12(15)21-7-8)14(20)13-10-5-9(16)2-3-11(10)17-18-13/h2-5,7H,6,16H2,1H3,(H,17,18). The van der Waals surface area contributed by atoms with Gasteiger partial charge in [0.2, 0.25) is 0 Å². The van der Waals surface area contributed by atoms with Gasteiger partial charge < -0.3 is 10.6 Å². The molecular formula is C14H13BrN4OS. The van der Waals surface area contributed by atoms with Gasteiger partial charge in [-0.2, -0.15) is 5.10 Å². The summed E-state index contributed by atoms with van der Waals surface area (Å²) in [6.07, 6.45) is 0. The minimum absolute atomic E-state index is 0.130. The van der Waals surface area contributed by atoms with Crippen LogP contribution in [0.15, 0.2) is 33.4 Å². The second-order valence-corrected chi connectivity index (χ2v) is 7.09. The number of amides is 1. The Bertz CT molecular complexity index is 810. The number of halogens is 1. The zero-order chi connectivity index (χ0) is 15.0. The van der Waals surface area contributed by atoms with Gasteiger partial charge in [0.05, 0.1) is 9.30 Å². The fourth-order valence-electron chi connectivity index (χ4n) is 2.15. The van der Waals surface area contributed by atoms with Gasteiger partial charge in [-0.05, 0) is 51.1 Å². The Morgan fingerprint density at radius 3 is 3.00 bits per heavy atom. The Kier molecular flexibility index (Phi) is 3.69. The molecule has 3 rings (SSSR count). The van der Waals surface area contributed by atoms with Crippen LogP contribution in [0.1, 0.15) is 16.1 Å². The number of carbonyl (C=O) groups excluding carboxylic acids is 1. The van der Waals surface area contributed by atoms with Crippen molar-refractivity contribution >= 4 is 49.8 Å². The Balaban J connectivity index is 1.87. The van der Waals surface area contributed by atoms with E-state index in [0.717, 1.165) is 20.3 Å². The summed E-state index contributed by atoms with van der Waals surface area (Å²) in [5.74, 6) is -0.130. The van der Waals surface area contributed by atoms with E-state index >= 15 is 0 Å². The molecular weight excluding hydrogens is 352 g/mol. The number of benzene rings is 1. The van der Waals surface area contributed by atoms with Crippen LogP contribution in [0.5, 0.6) is 0 Å². The van der Waals surface area contributed by atoms with Crippen LogP contribution in [0.3, 0.4) is 0 Å². The van der Waals surface area contributed by atoms with Crippen molar-refractivity contribution in [2.24, 2.45) is 0 Å². The number of nitrogens with one attached hydrogen (secondary N) is 1. The molecule has 0 saturated heterocycles. The average Bonchev–Trinajstić information content (AvgIpc) is 3.04. The molecule has 1 amide bonds. The zero-order valence-corrected chi connectivity index (χ0v) is 13.7. The summed E-state index contributed by atoms with van der Waals surface area (Å²) in [5.41, 5.74) is 8.68. The number of nitrogens with two attached hydrogens (primary N) is 1. The number of carbonyl (C=O) groups is 1. The Morgan fingerprint density at radius 2 is 2.29 bits per heavy atom. The summed E-state index contributed by atoms with van der Waals surface area (Å²) in [5, 5.41) is 9.76. The first-order valence-corrected chi connectivity index (χ1v) is 7.94. The van der Waals surface area contributed by atoms with Crippen molar-refractivity contribution in [3.63, 3.8) is 0 Å². The zero-order valence-electron chi connectivity index (χ0n) is 11.3. The molecule has 5 nitrogen and oxygen atoms in total. The minimum atomic E-state index is -0.130. The topological polar surface area (TPSA) is 75.0 Å². The first-order chi connectivity index (χ1) is 10.0. The van der Waals surface area contributed by atoms with E-state index in [1.807, 2.05) is 17.5 Å². The second-order valence-electron chi connectivity index (χ2n) is 4.80. The number of rotatable bonds is 3. The number of fused-ring (bicyclic) bond motifs is 1. The largest absolute Gasteiger partial charge is 0.399 e. The van der Waals surface area contributed by atoms with E-state index in [1.165, 1.54) is 0 Å². The molecule has 0 atom stereocenters. The molecule has 0 radical (unpaired) electrons. The molecule has 0 spiro atoms. The highest BCUT2D eigenvalue weighted by Gasteiger charge is 2.18. The molecule has 3 N–H and O–H groups in total. The van der Waals surface area contributed by atoms with Gasteiger partial charge in [-0.15, -0.1) is 11.3 Å². The minimum Gasteiger partial charge on any atom is -0.399 e. The van der Waals surface area contributed by atoms with E-state index in [1.54, 1.807) is 35.4 Å². The van der Waals surface area contributed by atoms with Gasteiger partial charge in [0.1, 0.15) is 0 Å². The second kappa shape index (κ2) is 5.50. The summed E-state index contributed by atoms with van der Waals surface area (Å²) in [7, 11) is 1.76. The number of thiophene rings is 1. The normalized spacial score (nSPS) is 11.0. The van der Waals surface area contributed by atoms with Crippen molar-refractivity contribution < 1.29 is 4.79 Å². The van der Waals surface area contributed by atoms with Crippen molar-refractivity contribution in [1.82, 2.24) is 15.1 Å². The molecule has 108 valence electrons. The van der Waals surface area contributed by atoms with E-state index < -0.39 is 0 Å². The number of anilines is 1. The molecule has 0 saturated carbocycles. The number of hydrogen-bond acceptors (Lipinski definition) is 4. The van der Waals surface area contributed by atoms with Gasteiger partial charge in [0, 0.05) is 24.7 Å². The molecule has 0 bridgehead atoms. The van der Waals surface area contributed by atoms with Gasteiger partial charge >= 0.3 is 0 Å². The van der Waals surface area contributed by atoms with Crippen LogP contribution < -0.4 is 5.73 Å². The Morgan fingerprint density at radius 1 is 1.48 bits per heavy atom. The van der Waals surface area contributed by atoms with Crippen molar-refractivity contribution in [2.45, 2.75) is 6.54 Å². The van der Waals surface area contributed by atoms with Crippen LogP contribution in [-0.4, -0.2) is 28.1 Å². The first-order valence-electron chi connectivity index (χ1n) is 6.26. The molecule has 7 heteroatoms. The van der Waals surface area contributed by atoms with Crippen molar-refractivity contribution in [1.29, 1.82) is 0 Å². The summed E-state index contributed by atoms with van der Waals surface area (Å²) in [6.45, 7) is 0.539. The van der Waals surface area contributed by atoms with Crippen LogP contribution in [0.2, 0.25) is 0 Å². The van der Waals surface area contributed by atoms with Gasteiger partial charge in [-0.3, -0.25) is 9.89 Å². The lowest BCUT2D eigenvalue weighted by Crippen LogP contribution is -2.26. The molecule has 3 aromatic rings. The maximum Gasteiger partial charge on any atom is 0.275 e. The van der Waals surface area contributed by atoms with Gasteiger partial charge in [0.25, 0.3) is 5.91 Å². The highest BCUT2D eigenvalue weighted by atomic mass is 79.9. The number of aromatic nitrogens is 2. The molecule has 0 unspecified atom stereocenters. The molecule has 0 aliphatic rings. The van der Waals surface area contributed by atoms with Crippen LogP contribution >= 0.6 is 27.3 Å². The third-order valence-corrected chi connectivity index (χ3v) is 4.73. The summed E-state index contributed by atoms with van der Waals surface area (Å²) in [6, 6.07) is 7.38. The van der Waals surface area contributed by atoms with E-state index in [2.05, 4.69) is 26.1 Å². The van der Waals surface area contributed by atoms with Crippen LogP contribution in [0.4, 0.5) is 5.69 Å². The molecule has 21 heavy (non-hydrogen) atoms. The van der Waals surface area contributed by atoms with Crippen LogP contribution in [0.25, 0.3) is 10.9 Å². The summed E-state index contributed by atoms with van der Waals surface area (Å²) < 4.78 is 1.05. The quantitative estimate of drug-likeness (QED) is 0.700. The fraction of sp³-hybridized carbons (Fsp3) is 0.143. The third-order valence-electron chi connectivity index (χ3n) is 3.18. The number of H-pyrrole nitrogens is 1. The summed E-state index contributed by atoms with van der Waals surface area (Å²) >= 11 is 5.02. The van der Waals surface area contributed by atoms with Gasteiger partial charge in [-0.1, -0.05) is 0 Å². The highest BCUT2D eigenvalue weighted by molar-refractivity contribution is 9.11. The number of hydrogen-bond donors (Lipinski definition) is 2. The van der Waals surface area contributed by atoms with Crippen LogP contribution in [-0.2, 0) is 6.54 Å². The lowest BCUT2D eigenvalue weighted by molar-refractivity contribution is 0.0781. The molecule has 0 aliphatic carbocycles. The van der Waals surface area contributed by atoms with E-state index in [-0.39, 0.29) is 5.91 Å². The SMILES string of the molecule is CN(Cc1csc(Br)c1)C(=O)c1n[nH]c2ccc(N)cc12. The maximum atomic E-state index is 12.5. The van der Waals surface area contributed by atoms with E-state index in [4.69, 9.17) is 5.73 Å². The van der Waals surface area contributed by atoms with Crippen molar-refractivity contribution in [2.75, 3.05) is 12.8 Å². The number of aromatic amines is 1. The Hall–Kier alpha value is -1.86. The predicted octanol–water partition coefficient (Wildman–Crippen LogP) is 3.24. The molecule has 1 aromatic carbocycles. The third kappa shape index (κ3) is 2.79. The van der Waals surface area contributed by atoms with Gasteiger partial charge in [-0.25, -0.2) is 0 Å².